The van der Waals surface area contributed by atoms with Crippen LogP contribution in [0.2, 0.25) is 0 Å². The maximum absolute atomic E-state index is 5.57. The summed E-state index contributed by atoms with van der Waals surface area (Å²) >= 11 is 0. The van der Waals surface area contributed by atoms with E-state index in [1.807, 2.05) is 25.1 Å². The van der Waals surface area contributed by atoms with E-state index < -0.39 is 0 Å². The van der Waals surface area contributed by atoms with Crippen LogP contribution in [-0.4, -0.2) is 70.5 Å². The maximum atomic E-state index is 5.57. The van der Waals surface area contributed by atoms with Crippen molar-refractivity contribution >= 4 is 29.9 Å². The molecule has 160 valence electrons. The number of benzene rings is 1. The highest BCUT2D eigenvalue weighted by molar-refractivity contribution is 14.0. The molecule has 1 heterocycles. The monoisotopic (exact) mass is 506 g/mol. The van der Waals surface area contributed by atoms with Crippen LogP contribution < -0.4 is 20.1 Å². The number of aliphatic imine (C=N–C) groups is 1. The Hall–Kier alpha value is -1.26. The number of rotatable bonds is 10. The van der Waals surface area contributed by atoms with Gasteiger partial charge in [0.1, 0.15) is 0 Å². The average molecular weight is 506 g/mol. The van der Waals surface area contributed by atoms with Crippen molar-refractivity contribution in [2.75, 3.05) is 59.7 Å². The van der Waals surface area contributed by atoms with Crippen LogP contribution in [-0.2, 0) is 11.3 Å². The number of methoxy groups -OCH3 is 1. The molecule has 1 aliphatic heterocycles. The first kappa shape index (κ1) is 24.8. The van der Waals surface area contributed by atoms with E-state index in [4.69, 9.17) is 14.2 Å². The first-order chi connectivity index (χ1) is 13.3. The molecular weight excluding hydrogens is 471 g/mol. The summed E-state index contributed by atoms with van der Waals surface area (Å²) in [5, 5.41) is 6.72. The zero-order chi connectivity index (χ0) is 19.3. The third-order valence-electron chi connectivity index (χ3n) is 4.34. The lowest BCUT2D eigenvalue weighted by molar-refractivity contribution is 0.0376. The highest BCUT2D eigenvalue weighted by Crippen LogP contribution is 2.28. The number of halogens is 1. The number of nitrogens with zero attached hydrogens (tertiary/aromatic N) is 2. The molecule has 2 N–H and O–H groups in total. The fourth-order valence-corrected chi connectivity index (χ4v) is 2.93. The minimum absolute atomic E-state index is 0. The zero-order valence-electron chi connectivity index (χ0n) is 17.3. The van der Waals surface area contributed by atoms with E-state index in [9.17, 15) is 0 Å². The summed E-state index contributed by atoms with van der Waals surface area (Å²) in [7, 11) is 1.66. The van der Waals surface area contributed by atoms with Crippen molar-refractivity contribution in [3.63, 3.8) is 0 Å². The van der Waals surface area contributed by atoms with Gasteiger partial charge in [-0.1, -0.05) is 6.07 Å². The van der Waals surface area contributed by atoms with Gasteiger partial charge in [-0.25, -0.2) is 4.99 Å². The molecule has 0 unspecified atom stereocenters. The molecule has 0 aliphatic carbocycles. The van der Waals surface area contributed by atoms with Crippen LogP contribution in [0, 0.1) is 0 Å². The number of morpholine rings is 1. The second-order valence-corrected chi connectivity index (χ2v) is 6.35. The average Bonchev–Trinajstić information content (AvgIpc) is 2.71. The predicted molar refractivity (Wildman–Crippen MR) is 124 cm³/mol. The summed E-state index contributed by atoms with van der Waals surface area (Å²) in [6.07, 6.45) is 1.08. The van der Waals surface area contributed by atoms with Gasteiger partial charge in [-0.05, 0) is 44.5 Å². The van der Waals surface area contributed by atoms with Crippen molar-refractivity contribution in [1.29, 1.82) is 0 Å². The van der Waals surface area contributed by atoms with Crippen LogP contribution >= 0.6 is 24.0 Å². The van der Waals surface area contributed by atoms with E-state index in [1.165, 1.54) is 0 Å². The zero-order valence-corrected chi connectivity index (χ0v) is 19.7. The van der Waals surface area contributed by atoms with Gasteiger partial charge in [0, 0.05) is 26.2 Å². The molecule has 28 heavy (non-hydrogen) atoms. The largest absolute Gasteiger partial charge is 0.493 e. The summed E-state index contributed by atoms with van der Waals surface area (Å²) < 4.78 is 16.4. The SMILES string of the molecule is CCNC(=NCc1ccc(OCC)c(OC)c1)NCCCN1CCOCC1.I. The summed E-state index contributed by atoms with van der Waals surface area (Å²) in [5.41, 5.74) is 1.08. The lowest BCUT2D eigenvalue weighted by Crippen LogP contribution is -2.40. The van der Waals surface area contributed by atoms with Gasteiger partial charge in [-0.15, -0.1) is 24.0 Å². The molecule has 1 saturated heterocycles. The molecule has 0 bridgehead atoms. The minimum Gasteiger partial charge on any atom is -0.493 e. The highest BCUT2D eigenvalue weighted by atomic mass is 127. The van der Waals surface area contributed by atoms with Crippen molar-refractivity contribution in [2.45, 2.75) is 26.8 Å². The van der Waals surface area contributed by atoms with Crippen molar-refractivity contribution in [2.24, 2.45) is 4.99 Å². The molecule has 0 aromatic heterocycles. The molecule has 1 aliphatic rings. The first-order valence-corrected chi connectivity index (χ1v) is 9.88. The summed E-state index contributed by atoms with van der Waals surface area (Å²) in [6.45, 7) is 11.8. The van der Waals surface area contributed by atoms with Crippen LogP contribution in [0.3, 0.4) is 0 Å². The normalized spacial score (nSPS) is 14.9. The summed E-state index contributed by atoms with van der Waals surface area (Å²) in [4.78, 5) is 7.13. The van der Waals surface area contributed by atoms with Gasteiger partial charge < -0.3 is 24.8 Å². The molecule has 7 nitrogen and oxygen atoms in total. The second kappa shape index (κ2) is 14.7. The Morgan fingerprint density at radius 2 is 1.96 bits per heavy atom. The first-order valence-electron chi connectivity index (χ1n) is 9.88. The molecule has 1 fully saturated rings. The Kier molecular flexibility index (Phi) is 13.0. The van der Waals surface area contributed by atoms with Gasteiger partial charge in [0.2, 0.25) is 0 Å². The van der Waals surface area contributed by atoms with Crippen molar-refractivity contribution in [1.82, 2.24) is 15.5 Å². The Bertz CT molecular complexity index is 581. The van der Waals surface area contributed by atoms with Crippen molar-refractivity contribution in [3.8, 4) is 11.5 Å². The highest BCUT2D eigenvalue weighted by Gasteiger charge is 2.09. The van der Waals surface area contributed by atoms with Gasteiger partial charge in [-0.2, -0.15) is 0 Å². The third kappa shape index (κ3) is 8.83. The number of nitrogens with one attached hydrogen (secondary N) is 2. The topological polar surface area (TPSA) is 67.4 Å². The van der Waals surface area contributed by atoms with Gasteiger partial charge in [0.15, 0.2) is 17.5 Å². The fourth-order valence-electron chi connectivity index (χ4n) is 2.93. The van der Waals surface area contributed by atoms with E-state index in [2.05, 4.69) is 27.4 Å². The Labute approximate surface area is 186 Å². The standard InChI is InChI=1S/C20H34N4O3.HI/c1-4-21-20(22-9-6-10-24-11-13-26-14-12-24)23-16-17-7-8-18(27-5-2)19(15-17)25-3;/h7-8,15H,4-6,9-14,16H2,1-3H3,(H2,21,22,23);1H. The fraction of sp³-hybridized carbons (Fsp3) is 0.650. The molecule has 0 radical (unpaired) electrons. The van der Waals surface area contributed by atoms with E-state index in [-0.39, 0.29) is 24.0 Å². The Balaban J connectivity index is 0.00000392. The van der Waals surface area contributed by atoms with Crippen LogP contribution in [0.1, 0.15) is 25.8 Å². The lowest BCUT2D eigenvalue weighted by Gasteiger charge is -2.26. The van der Waals surface area contributed by atoms with Gasteiger partial charge in [-0.3, -0.25) is 4.90 Å². The number of hydrogen-bond donors (Lipinski definition) is 2. The van der Waals surface area contributed by atoms with E-state index in [0.29, 0.717) is 13.2 Å². The van der Waals surface area contributed by atoms with Crippen molar-refractivity contribution in [3.05, 3.63) is 23.8 Å². The molecule has 0 saturated carbocycles. The minimum atomic E-state index is 0. The maximum Gasteiger partial charge on any atom is 0.191 e. The number of ether oxygens (including phenoxy) is 3. The third-order valence-corrected chi connectivity index (χ3v) is 4.34. The summed E-state index contributed by atoms with van der Waals surface area (Å²) in [5.74, 6) is 2.35. The van der Waals surface area contributed by atoms with Crippen LogP contribution in [0.15, 0.2) is 23.2 Å². The van der Waals surface area contributed by atoms with E-state index in [1.54, 1.807) is 7.11 Å². The second-order valence-electron chi connectivity index (χ2n) is 6.35. The molecule has 1 aromatic carbocycles. The predicted octanol–water partition coefficient (Wildman–Crippen LogP) is 2.49. The summed E-state index contributed by atoms with van der Waals surface area (Å²) in [6, 6.07) is 5.95. The molecule has 0 atom stereocenters. The molecule has 1 aromatic rings. The molecule has 8 heteroatoms. The van der Waals surface area contributed by atoms with Gasteiger partial charge in [0.05, 0.1) is 33.5 Å². The molecule has 2 rings (SSSR count). The van der Waals surface area contributed by atoms with Crippen molar-refractivity contribution < 1.29 is 14.2 Å². The Morgan fingerprint density at radius 3 is 2.64 bits per heavy atom. The molecule has 0 spiro atoms. The van der Waals surface area contributed by atoms with Crippen LogP contribution in [0.25, 0.3) is 0 Å². The van der Waals surface area contributed by atoms with Gasteiger partial charge >= 0.3 is 0 Å². The van der Waals surface area contributed by atoms with E-state index in [0.717, 1.165) is 75.4 Å². The van der Waals surface area contributed by atoms with E-state index >= 15 is 0 Å². The number of hydrogen-bond acceptors (Lipinski definition) is 5. The smallest absolute Gasteiger partial charge is 0.191 e. The van der Waals surface area contributed by atoms with Gasteiger partial charge in [0.25, 0.3) is 0 Å². The van der Waals surface area contributed by atoms with Crippen LogP contribution in [0.4, 0.5) is 0 Å². The Morgan fingerprint density at radius 1 is 1.18 bits per heavy atom. The number of guanidine groups is 1. The quantitative estimate of drug-likeness (QED) is 0.220. The molecule has 0 amide bonds. The lowest BCUT2D eigenvalue weighted by atomic mass is 10.2. The molecular formula is C20H35IN4O3. The van der Waals surface area contributed by atoms with Crippen LogP contribution in [0.5, 0.6) is 11.5 Å².